The molecule has 0 radical (unpaired) electrons. The van der Waals surface area contributed by atoms with Crippen molar-refractivity contribution in [3.05, 3.63) is 72.3 Å². The van der Waals surface area contributed by atoms with Crippen LogP contribution >= 0.6 is 34.5 Å². The molecule has 0 atom stereocenters. The third-order valence-electron chi connectivity index (χ3n) is 3.73. The van der Waals surface area contributed by atoms with Gasteiger partial charge in [0.05, 0.1) is 14.9 Å². The number of rotatable bonds is 3. The number of hydrogen-bond donors (Lipinski definition) is 1. The number of carbonyl (C=O) groups excluding carboxylic acids is 1. The fourth-order valence-electron chi connectivity index (χ4n) is 2.34. The number of benzene rings is 1. The number of nitrogens with zero attached hydrogens (tertiary/aromatic N) is 2. The molecule has 9 heteroatoms. The average molecular weight is 410 g/mol. The average Bonchev–Trinajstić information content (AvgIpc) is 3.10. The van der Waals surface area contributed by atoms with Crippen LogP contribution in [0.15, 0.2) is 46.1 Å². The summed E-state index contributed by atoms with van der Waals surface area (Å²) in [5.74, 6) is -0.433. The zero-order valence-corrected chi connectivity index (χ0v) is 16.1. The molecule has 1 aromatic carbocycles. The lowest BCUT2D eigenvalue weighted by Crippen LogP contribution is -2.38. The van der Waals surface area contributed by atoms with Crippen LogP contribution in [0.5, 0.6) is 0 Å². The summed E-state index contributed by atoms with van der Waals surface area (Å²) in [6, 6.07) is 8.67. The Kier molecular flexibility index (Phi) is 5.04. The van der Waals surface area contributed by atoms with Gasteiger partial charge in [-0.05, 0) is 29.8 Å². The van der Waals surface area contributed by atoms with E-state index in [2.05, 4.69) is 5.32 Å². The first-order valence-corrected chi connectivity index (χ1v) is 8.98. The van der Waals surface area contributed by atoms with Gasteiger partial charge in [0.1, 0.15) is 5.69 Å². The van der Waals surface area contributed by atoms with Crippen molar-refractivity contribution in [3.63, 3.8) is 0 Å². The number of halogens is 2. The predicted molar refractivity (Wildman–Crippen MR) is 105 cm³/mol. The standard InChI is InChI=1S/C17H13Cl2N3O3S/c1-21-8-12(16(24)22(2)17(21)25)20-15(23)14-6-5-13(26-14)9-3-4-10(18)11(19)7-9/h3-8H,1-2H3,(H,20,23). The van der Waals surface area contributed by atoms with Crippen LogP contribution in [-0.4, -0.2) is 15.0 Å². The van der Waals surface area contributed by atoms with E-state index >= 15 is 0 Å². The third-order valence-corrected chi connectivity index (χ3v) is 5.60. The lowest BCUT2D eigenvalue weighted by atomic mass is 10.2. The molecule has 0 bridgehead atoms. The Bertz CT molecular complexity index is 1130. The van der Waals surface area contributed by atoms with Gasteiger partial charge in [-0.2, -0.15) is 0 Å². The summed E-state index contributed by atoms with van der Waals surface area (Å²) >= 11 is 13.2. The minimum Gasteiger partial charge on any atom is -0.315 e. The van der Waals surface area contributed by atoms with Crippen LogP contribution in [0.3, 0.4) is 0 Å². The number of thiophene rings is 1. The van der Waals surface area contributed by atoms with Gasteiger partial charge >= 0.3 is 5.69 Å². The summed E-state index contributed by atoms with van der Waals surface area (Å²) < 4.78 is 2.16. The molecule has 0 saturated carbocycles. The maximum Gasteiger partial charge on any atom is 0.330 e. The van der Waals surface area contributed by atoms with Crippen molar-refractivity contribution in [1.29, 1.82) is 0 Å². The molecule has 0 spiro atoms. The van der Waals surface area contributed by atoms with Crippen molar-refractivity contribution in [3.8, 4) is 10.4 Å². The Morgan fingerprint density at radius 3 is 2.50 bits per heavy atom. The molecular weight excluding hydrogens is 397 g/mol. The summed E-state index contributed by atoms with van der Waals surface area (Å²) in [6.07, 6.45) is 1.30. The summed E-state index contributed by atoms with van der Waals surface area (Å²) in [7, 11) is 2.86. The smallest absolute Gasteiger partial charge is 0.315 e. The molecule has 0 aliphatic rings. The Balaban J connectivity index is 1.88. The van der Waals surface area contributed by atoms with E-state index in [0.29, 0.717) is 14.9 Å². The van der Waals surface area contributed by atoms with Gasteiger partial charge in [-0.25, -0.2) is 4.79 Å². The number of anilines is 1. The summed E-state index contributed by atoms with van der Waals surface area (Å²) in [5, 5.41) is 3.43. The van der Waals surface area contributed by atoms with E-state index < -0.39 is 17.2 Å². The molecule has 0 aliphatic heterocycles. The zero-order chi connectivity index (χ0) is 19.0. The number of nitrogens with one attached hydrogen (secondary N) is 1. The van der Waals surface area contributed by atoms with Crippen molar-refractivity contribution in [2.45, 2.75) is 0 Å². The topological polar surface area (TPSA) is 73.1 Å². The molecule has 0 saturated heterocycles. The first kappa shape index (κ1) is 18.4. The minimum absolute atomic E-state index is 0.0316. The Morgan fingerprint density at radius 1 is 1.08 bits per heavy atom. The van der Waals surface area contributed by atoms with E-state index in [1.807, 2.05) is 6.07 Å². The second kappa shape index (κ2) is 7.11. The Morgan fingerprint density at radius 2 is 1.81 bits per heavy atom. The molecule has 134 valence electrons. The van der Waals surface area contributed by atoms with Crippen LogP contribution in [0.4, 0.5) is 5.69 Å². The van der Waals surface area contributed by atoms with Crippen molar-refractivity contribution >= 4 is 46.1 Å². The molecule has 2 heterocycles. The second-order valence-electron chi connectivity index (χ2n) is 5.55. The lowest BCUT2D eigenvalue weighted by molar-refractivity contribution is 0.103. The van der Waals surface area contributed by atoms with E-state index in [-0.39, 0.29) is 5.69 Å². The fourth-order valence-corrected chi connectivity index (χ4v) is 3.54. The van der Waals surface area contributed by atoms with Gasteiger partial charge in [0.25, 0.3) is 11.5 Å². The van der Waals surface area contributed by atoms with E-state index in [1.54, 1.807) is 24.3 Å². The van der Waals surface area contributed by atoms with Gasteiger partial charge in [-0.3, -0.25) is 14.2 Å². The molecule has 3 aromatic rings. The van der Waals surface area contributed by atoms with Gasteiger partial charge in [0, 0.05) is 25.2 Å². The highest BCUT2D eigenvalue weighted by atomic mass is 35.5. The van der Waals surface area contributed by atoms with Gasteiger partial charge in [-0.1, -0.05) is 29.3 Å². The number of amides is 1. The molecule has 0 aliphatic carbocycles. The van der Waals surface area contributed by atoms with E-state index in [0.717, 1.165) is 15.0 Å². The van der Waals surface area contributed by atoms with Gasteiger partial charge in [-0.15, -0.1) is 11.3 Å². The van der Waals surface area contributed by atoms with Gasteiger partial charge in [0.2, 0.25) is 0 Å². The quantitative estimate of drug-likeness (QED) is 0.720. The van der Waals surface area contributed by atoms with Crippen molar-refractivity contribution in [2.24, 2.45) is 14.1 Å². The van der Waals surface area contributed by atoms with E-state index in [9.17, 15) is 14.4 Å². The summed E-state index contributed by atoms with van der Waals surface area (Å²) in [4.78, 5) is 37.5. The Labute approximate surface area is 162 Å². The largest absolute Gasteiger partial charge is 0.330 e. The summed E-state index contributed by atoms with van der Waals surface area (Å²) in [6.45, 7) is 0. The van der Waals surface area contributed by atoms with Gasteiger partial charge in [0.15, 0.2) is 0 Å². The molecule has 26 heavy (non-hydrogen) atoms. The monoisotopic (exact) mass is 409 g/mol. The number of hydrogen-bond acceptors (Lipinski definition) is 4. The first-order valence-electron chi connectivity index (χ1n) is 7.41. The molecule has 0 unspecified atom stereocenters. The van der Waals surface area contributed by atoms with E-state index in [4.69, 9.17) is 23.2 Å². The highest BCUT2D eigenvalue weighted by Crippen LogP contribution is 2.32. The lowest BCUT2D eigenvalue weighted by Gasteiger charge is -2.07. The maximum atomic E-state index is 12.5. The molecule has 3 rings (SSSR count). The molecule has 2 aromatic heterocycles. The van der Waals surface area contributed by atoms with Crippen LogP contribution in [0.1, 0.15) is 9.67 Å². The van der Waals surface area contributed by atoms with Gasteiger partial charge < -0.3 is 9.88 Å². The SMILES string of the molecule is Cn1cc(NC(=O)c2ccc(-c3ccc(Cl)c(Cl)c3)s2)c(=O)n(C)c1=O. The minimum atomic E-state index is -0.567. The molecule has 1 amide bonds. The highest BCUT2D eigenvalue weighted by molar-refractivity contribution is 7.17. The highest BCUT2D eigenvalue weighted by Gasteiger charge is 2.14. The molecule has 1 N–H and O–H groups in total. The number of aromatic nitrogens is 2. The summed E-state index contributed by atoms with van der Waals surface area (Å²) in [5.41, 5.74) is -0.167. The third kappa shape index (κ3) is 3.46. The molecule has 0 fully saturated rings. The predicted octanol–water partition coefficient (Wildman–Crippen LogP) is 3.37. The molecule has 6 nitrogen and oxygen atoms in total. The maximum absolute atomic E-state index is 12.5. The Hall–Kier alpha value is -2.35. The number of aryl methyl sites for hydroxylation is 1. The zero-order valence-electron chi connectivity index (χ0n) is 13.7. The van der Waals surface area contributed by atoms with E-state index in [1.165, 1.54) is 36.2 Å². The van der Waals surface area contributed by atoms with Crippen LogP contribution in [0, 0.1) is 0 Å². The molecular formula is C17H13Cl2N3O3S. The first-order chi connectivity index (χ1) is 12.3. The van der Waals surface area contributed by atoms with Crippen LogP contribution in [0.2, 0.25) is 10.0 Å². The van der Waals surface area contributed by atoms with Crippen LogP contribution in [-0.2, 0) is 14.1 Å². The van der Waals surface area contributed by atoms with Crippen LogP contribution in [0.25, 0.3) is 10.4 Å². The van der Waals surface area contributed by atoms with Crippen molar-refractivity contribution < 1.29 is 4.79 Å². The normalized spacial score (nSPS) is 10.8. The van der Waals surface area contributed by atoms with Crippen molar-refractivity contribution in [2.75, 3.05) is 5.32 Å². The second-order valence-corrected chi connectivity index (χ2v) is 7.45. The fraction of sp³-hybridized carbons (Fsp3) is 0.118. The number of carbonyl (C=O) groups is 1. The van der Waals surface area contributed by atoms with Crippen LogP contribution < -0.4 is 16.6 Å². The van der Waals surface area contributed by atoms with Crippen molar-refractivity contribution in [1.82, 2.24) is 9.13 Å².